The van der Waals surface area contributed by atoms with Crippen LogP contribution in [-0.2, 0) is 11.2 Å². The Kier molecular flexibility index (Phi) is 6.35. The number of nitrogens with zero attached hydrogens (tertiary/aromatic N) is 3. The van der Waals surface area contributed by atoms with Crippen LogP contribution in [0.5, 0.6) is 0 Å². The van der Waals surface area contributed by atoms with Crippen molar-refractivity contribution < 1.29 is 14.3 Å². The summed E-state index contributed by atoms with van der Waals surface area (Å²) in [4.78, 5) is 18.6. The van der Waals surface area contributed by atoms with Gasteiger partial charge in [-0.2, -0.15) is 0 Å². The zero-order valence-electron chi connectivity index (χ0n) is 17.6. The summed E-state index contributed by atoms with van der Waals surface area (Å²) in [6.07, 6.45) is 1.86. The summed E-state index contributed by atoms with van der Waals surface area (Å²) in [6, 6.07) is 12.7. The minimum absolute atomic E-state index is 0.156. The van der Waals surface area contributed by atoms with Crippen LogP contribution in [0.4, 0.5) is 15.8 Å². The summed E-state index contributed by atoms with van der Waals surface area (Å²) >= 11 is 0. The smallest absolute Gasteiger partial charge is 0.226 e. The highest BCUT2D eigenvalue weighted by molar-refractivity contribution is 5.94. The van der Waals surface area contributed by atoms with Crippen molar-refractivity contribution in [2.24, 2.45) is 0 Å². The first kappa shape index (κ1) is 20.8. The number of piperazine rings is 1. The molecule has 30 heavy (non-hydrogen) atoms. The summed E-state index contributed by atoms with van der Waals surface area (Å²) < 4.78 is 13.1. The van der Waals surface area contributed by atoms with Crippen LogP contribution in [0.3, 0.4) is 0 Å². The Morgan fingerprint density at radius 2 is 1.80 bits per heavy atom. The number of carbonyl (C=O) groups is 1. The van der Waals surface area contributed by atoms with E-state index in [-0.39, 0.29) is 11.7 Å². The maximum atomic E-state index is 13.1. The fraction of sp³-hybridized carbons (Fsp3) is 0.458. The molecule has 4 rings (SSSR count). The van der Waals surface area contributed by atoms with Gasteiger partial charge in [0.1, 0.15) is 5.82 Å². The van der Waals surface area contributed by atoms with Crippen LogP contribution in [0.25, 0.3) is 0 Å². The third-order valence-electron chi connectivity index (χ3n) is 6.21. The number of fused-ring (bicyclic) bond motifs is 1. The molecule has 1 saturated heterocycles. The van der Waals surface area contributed by atoms with Crippen LogP contribution >= 0.6 is 0 Å². The van der Waals surface area contributed by atoms with Crippen molar-refractivity contribution in [3.63, 3.8) is 0 Å². The fourth-order valence-corrected chi connectivity index (χ4v) is 4.46. The van der Waals surface area contributed by atoms with E-state index in [1.807, 2.05) is 36.1 Å². The quantitative estimate of drug-likeness (QED) is 0.820. The Hall–Kier alpha value is -2.44. The molecule has 0 radical (unpaired) electrons. The highest BCUT2D eigenvalue weighted by atomic mass is 19.1. The van der Waals surface area contributed by atoms with E-state index >= 15 is 0 Å². The number of hydrogen-bond acceptors (Lipinski definition) is 4. The number of aliphatic hydroxyl groups is 1. The summed E-state index contributed by atoms with van der Waals surface area (Å²) in [5.41, 5.74) is 4.11. The zero-order valence-corrected chi connectivity index (χ0v) is 17.6. The van der Waals surface area contributed by atoms with E-state index < -0.39 is 6.10 Å². The summed E-state index contributed by atoms with van der Waals surface area (Å²) in [5.74, 6) is -0.0592. The van der Waals surface area contributed by atoms with Gasteiger partial charge in [0.25, 0.3) is 0 Å². The van der Waals surface area contributed by atoms with Crippen LogP contribution < -0.4 is 9.80 Å². The molecule has 5 nitrogen and oxygen atoms in total. The minimum atomic E-state index is -0.551. The second-order valence-corrected chi connectivity index (χ2v) is 8.17. The third kappa shape index (κ3) is 4.50. The van der Waals surface area contributed by atoms with E-state index in [0.717, 1.165) is 68.1 Å². The van der Waals surface area contributed by atoms with Crippen LogP contribution in [-0.4, -0.2) is 55.2 Å². The second-order valence-electron chi connectivity index (χ2n) is 8.17. The van der Waals surface area contributed by atoms with Crippen molar-refractivity contribution >= 4 is 17.3 Å². The summed E-state index contributed by atoms with van der Waals surface area (Å²) in [6.45, 7) is 6.70. The van der Waals surface area contributed by atoms with Crippen LogP contribution in [0.15, 0.2) is 42.5 Å². The standard InChI is InChI=1S/C24H30FN3O2/c1-2-24(30)28-11-3-4-18-16-19(5-10-22(18)28)23(29)17-26-12-14-27(15-13-26)21-8-6-20(25)7-9-21/h5-10,16,23,29H,2-4,11-15,17H2,1H3/t23-/m0/s1. The number of aryl methyl sites for hydroxylation is 1. The lowest BCUT2D eigenvalue weighted by Gasteiger charge is -2.37. The number of benzene rings is 2. The normalized spacial score (nSPS) is 18.2. The Balaban J connectivity index is 1.36. The molecule has 1 fully saturated rings. The minimum Gasteiger partial charge on any atom is -0.387 e. The molecule has 2 heterocycles. The molecule has 2 aromatic carbocycles. The van der Waals surface area contributed by atoms with Gasteiger partial charge in [-0.25, -0.2) is 4.39 Å². The molecule has 0 unspecified atom stereocenters. The first-order chi connectivity index (χ1) is 14.5. The van der Waals surface area contributed by atoms with Gasteiger partial charge in [0.15, 0.2) is 0 Å². The average Bonchev–Trinajstić information content (AvgIpc) is 2.79. The molecule has 0 bridgehead atoms. The number of rotatable bonds is 5. The number of carbonyl (C=O) groups excluding carboxylic acids is 1. The number of anilines is 2. The first-order valence-corrected chi connectivity index (χ1v) is 10.9. The molecule has 1 N–H and O–H groups in total. The van der Waals surface area contributed by atoms with E-state index in [1.165, 1.54) is 12.1 Å². The second kappa shape index (κ2) is 9.14. The Morgan fingerprint density at radius 1 is 1.07 bits per heavy atom. The molecule has 2 aromatic rings. The highest BCUT2D eigenvalue weighted by Crippen LogP contribution is 2.30. The molecule has 2 aliphatic heterocycles. The maximum absolute atomic E-state index is 13.1. The van der Waals surface area contributed by atoms with Gasteiger partial charge in [0.05, 0.1) is 6.10 Å². The predicted molar refractivity (Wildman–Crippen MR) is 117 cm³/mol. The highest BCUT2D eigenvalue weighted by Gasteiger charge is 2.24. The number of halogens is 1. The third-order valence-corrected chi connectivity index (χ3v) is 6.21. The lowest BCUT2D eigenvalue weighted by Crippen LogP contribution is -2.47. The number of amides is 1. The van der Waals surface area contributed by atoms with E-state index in [4.69, 9.17) is 0 Å². The van der Waals surface area contributed by atoms with Crippen molar-refractivity contribution in [1.29, 1.82) is 0 Å². The van der Waals surface area contributed by atoms with Crippen molar-refractivity contribution in [2.75, 3.05) is 49.1 Å². The van der Waals surface area contributed by atoms with Gasteiger partial charge < -0.3 is 14.9 Å². The summed E-state index contributed by atoms with van der Waals surface area (Å²) in [5, 5.41) is 10.8. The van der Waals surface area contributed by atoms with Crippen LogP contribution in [0, 0.1) is 5.82 Å². The van der Waals surface area contributed by atoms with E-state index in [2.05, 4.69) is 15.9 Å². The molecule has 0 saturated carbocycles. The predicted octanol–water partition coefficient (Wildman–Crippen LogP) is 3.37. The van der Waals surface area contributed by atoms with Crippen molar-refractivity contribution in [3.05, 3.63) is 59.4 Å². The van der Waals surface area contributed by atoms with E-state index in [0.29, 0.717) is 13.0 Å². The molecule has 1 amide bonds. The van der Waals surface area contributed by atoms with Gasteiger partial charge in [-0.3, -0.25) is 9.69 Å². The Labute approximate surface area is 177 Å². The lowest BCUT2D eigenvalue weighted by molar-refractivity contribution is -0.118. The van der Waals surface area contributed by atoms with Crippen molar-refractivity contribution in [2.45, 2.75) is 32.3 Å². The van der Waals surface area contributed by atoms with Gasteiger partial charge in [-0.1, -0.05) is 19.1 Å². The van der Waals surface area contributed by atoms with Gasteiger partial charge >= 0.3 is 0 Å². The molecule has 1 atom stereocenters. The van der Waals surface area contributed by atoms with Gasteiger partial charge in [-0.05, 0) is 54.3 Å². The van der Waals surface area contributed by atoms with Gasteiger partial charge in [-0.15, -0.1) is 0 Å². The van der Waals surface area contributed by atoms with Crippen molar-refractivity contribution in [1.82, 2.24) is 4.90 Å². The monoisotopic (exact) mass is 411 g/mol. The average molecular weight is 412 g/mol. The molecule has 0 aromatic heterocycles. The topological polar surface area (TPSA) is 47.0 Å². The number of hydrogen-bond donors (Lipinski definition) is 1. The van der Waals surface area contributed by atoms with E-state index in [1.54, 1.807) is 0 Å². The molecule has 0 spiro atoms. The zero-order chi connectivity index (χ0) is 21.1. The molecule has 0 aliphatic carbocycles. The van der Waals surface area contributed by atoms with Crippen LogP contribution in [0.2, 0.25) is 0 Å². The van der Waals surface area contributed by atoms with Gasteiger partial charge in [0.2, 0.25) is 5.91 Å². The molecular formula is C24H30FN3O2. The SMILES string of the molecule is CCC(=O)N1CCCc2cc([C@@H](O)CN3CCN(c4ccc(F)cc4)CC3)ccc21. The number of β-amino-alcohol motifs (C(OH)–C–C–N with tert-alkyl or cyclic N) is 1. The molecule has 2 aliphatic rings. The largest absolute Gasteiger partial charge is 0.387 e. The van der Waals surface area contributed by atoms with E-state index in [9.17, 15) is 14.3 Å². The lowest BCUT2D eigenvalue weighted by atomic mass is 9.96. The molecule has 160 valence electrons. The fourth-order valence-electron chi connectivity index (χ4n) is 4.46. The Bertz CT molecular complexity index is 879. The number of aliphatic hydroxyl groups excluding tert-OH is 1. The maximum Gasteiger partial charge on any atom is 0.226 e. The summed E-state index contributed by atoms with van der Waals surface area (Å²) in [7, 11) is 0. The first-order valence-electron chi connectivity index (χ1n) is 10.9. The van der Waals surface area contributed by atoms with Gasteiger partial charge in [0, 0.05) is 57.1 Å². The molecular weight excluding hydrogens is 381 g/mol. The molecule has 6 heteroatoms. The van der Waals surface area contributed by atoms with Crippen LogP contribution in [0.1, 0.15) is 37.0 Å². The van der Waals surface area contributed by atoms with Crippen molar-refractivity contribution in [3.8, 4) is 0 Å². The Morgan fingerprint density at radius 3 is 2.50 bits per heavy atom.